The molecule has 1 rings (SSSR count). The molecular formula is C11H18N4O2. The van der Waals surface area contributed by atoms with E-state index in [1.54, 1.807) is 0 Å². The van der Waals surface area contributed by atoms with Crippen molar-refractivity contribution >= 4 is 11.9 Å². The molecule has 0 aliphatic rings. The van der Waals surface area contributed by atoms with Gasteiger partial charge in [0.2, 0.25) is 11.9 Å². The van der Waals surface area contributed by atoms with E-state index in [0.29, 0.717) is 25.7 Å². The van der Waals surface area contributed by atoms with Gasteiger partial charge in [0.15, 0.2) is 0 Å². The van der Waals surface area contributed by atoms with Crippen molar-refractivity contribution in [2.45, 2.75) is 20.3 Å². The van der Waals surface area contributed by atoms with E-state index in [-0.39, 0.29) is 12.3 Å². The van der Waals surface area contributed by atoms with Gasteiger partial charge in [0.05, 0.1) is 19.6 Å². The normalized spacial score (nSPS) is 10.3. The molecule has 0 aliphatic heterocycles. The van der Waals surface area contributed by atoms with Gasteiger partial charge in [-0.1, -0.05) is 0 Å². The highest BCUT2D eigenvalue weighted by atomic mass is 16.5. The summed E-state index contributed by atoms with van der Waals surface area (Å²) in [6.45, 7) is 4.99. The highest BCUT2D eigenvalue weighted by molar-refractivity contribution is 5.88. The van der Waals surface area contributed by atoms with Crippen molar-refractivity contribution in [3.8, 4) is 0 Å². The molecular weight excluding hydrogens is 220 g/mol. The third-order valence-electron chi connectivity index (χ3n) is 1.97. The minimum Gasteiger partial charge on any atom is -0.380 e. The zero-order chi connectivity index (χ0) is 12.7. The third-order valence-corrected chi connectivity index (χ3v) is 1.97. The lowest BCUT2D eigenvalue weighted by Gasteiger charge is -2.05. The van der Waals surface area contributed by atoms with E-state index in [1.807, 2.05) is 19.9 Å². The van der Waals surface area contributed by atoms with Gasteiger partial charge in [-0.3, -0.25) is 10.1 Å². The molecule has 0 atom stereocenters. The number of nitrogens with two attached hydrogens (primary N) is 1. The lowest BCUT2D eigenvalue weighted by molar-refractivity contribution is -0.117. The van der Waals surface area contributed by atoms with E-state index in [1.165, 1.54) is 0 Å². The topological polar surface area (TPSA) is 90.1 Å². The Balaban J connectivity index is 2.39. The zero-order valence-electron chi connectivity index (χ0n) is 10.2. The van der Waals surface area contributed by atoms with Gasteiger partial charge in [0.25, 0.3) is 0 Å². The van der Waals surface area contributed by atoms with Crippen molar-refractivity contribution in [3.05, 3.63) is 17.5 Å². The van der Waals surface area contributed by atoms with Crippen LogP contribution in [0.1, 0.15) is 17.8 Å². The summed E-state index contributed by atoms with van der Waals surface area (Å²) in [5.74, 6) is 0.179. The van der Waals surface area contributed by atoms with Crippen molar-refractivity contribution in [2.75, 3.05) is 25.1 Å². The number of anilines is 1. The van der Waals surface area contributed by atoms with Gasteiger partial charge in [-0.2, -0.15) is 0 Å². The number of aryl methyl sites for hydroxylation is 2. The van der Waals surface area contributed by atoms with Crippen LogP contribution in [0.15, 0.2) is 6.07 Å². The van der Waals surface area contributed by atoms with Crippen LogP contribution in [0, 0.1) is 13.8 Å². The van der Waals surface area contributed by atoms with Crippen LogP contribution in [0.2, 0.25) is 0 Å². The quantitative estimate of drug-likeness (QED) is 0.700. The maximum Gasteiger partial charge on any atom is 0.229 e. The molecule has 0 bridgehead atoms. The number of aromatic nitrogens is 2. The lowest BCUT2D eigenvalue weighted by Crippen LogP contribution is -2.18. The van der Waals surface area contributed by atoms with Crippen molar-refractivity contribution in [2.24, 2.45) is 5.73 Å². The molecule has 1 heterocycles. The Labute approximate surface area is 101 Å². The average Bonchev–Trinajstić information content (AvgIpc) is 2.23. The number of carbonyl (C=O) groups is 1. The molecule has 3 N–H and O–H groups in total. The second kappa shape index (κ2) is 6.93. The fourth-order valence-corrected chi connectivity index (χ4v) is 1.32. The Kier molecular flexibility index (Phi) is 5.51. The van der Waals surface area contributed by atoms with Gasteiger partial charge in [0.1, 0.15) is 0 Å². The molecule has 0 spiro atoms. The Morgan fingerprint density at radius 1 is 1.35 bits per heavy atom. The van der Waals surface area contributed by atoms with E-state index in [9.17, 15) is 4.79 Å². The van der Waals surface area contributed by atoms with Crippen LogP contribution in [-0.2, 0) is 9.53 Å². The number of carbonyl (C=O) groups excluding carboxylic acids is 1. The van der Waals surface area contributed by atoms with Crippen molar-refractivity contribution in [3.63, 3.8) is 0 Å². The van der Waals surface area contributed by atoms with E-state index < -0.39 is 0 Å². The van der Waals surface area contributed by atoms with Gasteiger partial charge in [0, 0.05) is 17.9 Å². The first-order chi connectivity index (χ1) is 8.11. The number of nitrogens with one attached hydrogen (secondary N) is 1. The highest BCUT2D eigenvalue weighted by Gasteiger charge is 2.05. The molecule has 6 heteroatoms. The number of hydrogen-bond acceptors (Lipinski definition) is 5. The summed E-state index contributed by atoms with van der Waals surface area (Å²) in [5, 5.41) is 2.63. The van der Waals surface area contributed by atoms with E-state index in [2.05, 4.69) is 15.3 Å². The first kappa shape index (κ1) is 13.5. The average molecular weight is 238 g/mol. The van der Waals surface area contributed by atoms with Crippen LogP contribution in [0.4, 0.5) is 5.95 Å². The summed E-state index contributed by atoms with van der Waals surface area (Å²) in [6.07, 6.45) is 0.274. The highest BCUT2D eigenvalue weighted by Crippen LogP contribution is 2.03. The van der Waals surface area contributed by atoms with Crippen molar-refractivity contribution in [1.29, 1.82) is 0 Å². The van der Waals surface area contributed by atoms with E-state index >= 15 is 0 Å². The molecule has 0 aliphatic carbocycles. The van der Waals surface area contributed by atoms with E-state index in [4.69, 9.17) is 10.5 Å². The molecule has 0 fully saturated rings. The summed E-state index contributed by atoms with van der Waals surface area (Å²) in [6, 6.07) is 1.85. The van der Waals surface area contributed by atoms with Gasteiger partial charge in [-0.05, 0) is 19.9 Å². The Bertz CT molecular complexity index is 361. The summed E-state index contributed by atoms with van der Waals surface area (Å²) in [5.41, 5.74) is 6.91. The zero-order valence-corrected chi connectivity index (χ0v) is 10.2. The summed E-state index contributed by atoms with van der Waals surface area (Å²) < 4.78 is 5.11. The number of rotatable bonds is 6. The van der Waals surface area contributed by atoms with Crippen LogP contribution in [0.5, 0.6) is 0 Å². The monoisotopic (exact) mass is 238 g/mol. The molecule has 0 unspecified atom stereocenters. The van der Waals surface area contributed by atoms with Crippen LogP contribution >= 0.6 is 0 Å². The smallest absolute Gasteiger partial charge is 0.229 e. The molecule has 1 aromatic heterocycles. The fraction of sp³-hybridized carbons (Fsp3) is 0.545. The van der Waals surface area contributed by atoms with Gasteiger partial charge >= 0.3 is 0 Å². The second-order valence-electron chi connectivity index (χ2n) is 3.67. The Hall–Kier alpha value is -1.53. The van der Waals surface area contributed by atoms with Crippen LogP contribution < -0.4 is 11.1 Å². The maximum atomic E-state index is 11.5. The number of hydrogen-bond donors (Lipinski definition) is 2. The summed E-state index contributed by atoms with van der Waals surface area (Å²) in [4.78, 5) is 19.7. The number of amides is 1. The van der Waals surface area contributed by atoms with Crippen LogP contribution in [-0.4, -0.2) is 35.6 Å². The molecule has 0 radical (unpaired) electrons. The first-order valence-corrected chi connectivity index (χ1v) is 5.52. The van der Waals surface area contributed by atoms with Crippen molar-refractivity contribution in [1.82, 2.24) is 9.97 Å². The SMILES string of the molecule is Cc1cc(C)nc(NC(=O)CCOCCN)n1. The first-order valence-electron chi connectivity index (χ1n) is 5.52. The standard InChI is InChI=1S/C11H18N4O2/c1-8-7-9(2)14-11(13-8)15-10(16)3-5-17-6-4-12/h7H,3-6,12H2,1-2H3,(H,13,14,15,16). The number of nitrogens with zero attached hydrogens (tertiary/aromatic N) is 2. The molecule has 1 aromatic rings. The molecule has 0 aromatic carbocycles. The van der Waals surface area contributed by atoms with E-state index in [0.717, 1.165) is 11.4 Å². The predicted molar refractivity (Wildman–Crippen MR) is 64.6 cm³/mol. The molecule has 17 heavy (non-hydrogen) atoms. The van der Waals surface area contributed by atoms with Crippen LogP contribution in [0.25, 0.3) is 0 Å². The minimum atomic E-state index is -0.160. The number of ether oxygens (including phenoxy) is 1. The van der Waals surface area contributed by atoms with Gasteiger partial charge < -0.3 is 10.5 Å². The molecule has 6 nitrogen and oxygen atoms in total. The largest absolute Gasteiger partial charge is 0.380 e. The molecule has 0 saturated heterocycles. The van der Waals surface area contributed by atoms with Gasteiger partial charge in [-0.25, -0.2) is 9.97 Å². The molecule has 94 valence electrons. The Morgan fingerprint density at radius 3 is 2.59 bits per heavy atom. The van der Waals surface area contributed by atoms with Crippen molar-refractivity contribution < 1.29 is 9.53 Å². The van der Waals surface area contributed by atoms with Crippen LogP contribution in [0.3, 0.4) is 0 Å². The second-order valence-corrected chi connectivity index (χ2v) is 3.67. The molecule has 0 saturated carbocycles. The fourth-order valence-electron chi connectivity index (χ4n) is 1.32. The predicted octanol–water partition coefficient (Wildman–Crippen LogP) is 0.397. The van der Waals surface area contributed by atoms with Gasteiger partial charge in [-0.15, -0.1) is 0 Å². The molecule has 1 amide bonds. The Morgan fingerprint density at radius 2 is 2.00 bits per heavy atom. The minimum absolute atomic E-state index is 0.160. The lowest BCUT2D eigenvalue weighted by atomic mass is 10.3. The third kappa shape index (κ3) is 5.37. The summed E-state index contributed by atoms with van der Waals surface area (Å²) >= 11 is 0. The maximum absolute atomic E-state index is 11.5. The summed E-state index contributed by atoms with van der Waals surface area (Å²) in [7, 11) is 0.